The lowest BCUT2D eigenvalue weighted by atomic mass is 9.44. The van der Waals surface area contributed by atoms with E-state index in [1.54, 1.807) is 0 Å². The average molecular weight is 470 g/mol. The molecular weight excluding hydrogens is 422 g/mol. The maximum absolute atomic E-state index is 11.3. The predicted octanol–water partition coefficient (Wildman–Crippen LogP) is 5.28. The SMILES string of the molecule is CC(N)=O.CC12CCC3C(C(O)CC4CCCCC43C)C1CCC2CCCCCS(=O)O. The zero-order chi connectivity index (χ0) is 23.5. The second kappa shape index (κ2) is 10.9. The Morgan fingerprint density at radius 3 is 2.38 bits per heavy atom. The second-order valence-corrected chi connectivity index (χ2v) is 12.9. The van der Waals surface area contributed by atoms with Crippen LogP contribution in [0.5, 0.6) is 0 Å². The molecule has 4 N–H and O–H groups in total. The maximum Gasteiger partial charge on any atom is 0.214 e. The molecule has 0 heterocycles. The highest BCUT2D eigenvalue weighted by Crippen LogP contribution is 2.67. The molecule has 0 bridgehead atoms. The van der Waals surface area contributed by atoms with Crippen molar-refractivity contribution >= 4 is 17.0 Å². The van der Waals surface area contributed by atoms with Crippen LogP contribution in [0.1, 0.15) is 104 Å². The number of aliphatic hydroxyl groups excluding tert-OH is 1. The van der Waals surface area contributed by atoms with Gasteiger partial charge in [0.25, 0.3) is 0 Å². The molecule has 0 aromatic rings. The van der Waals surface area contributed by atoms with E-state index >= 15 is 0 Å². The van der Waals surface area contributed by atoms with Gasteiger partial charge in [-0.15, -0.1) is 0 Å². The number of fused-ring (bicyclic) bond motifs is 5. The Morgan fingerprint density at radius 2 is 1.69 bits per heavy atom. The third kappa shape index (κ3) is 5.43. The predicted molar refractivity (Wildman–Crippen MR) is 130 cm³/mol. The highest BCUT2D eigenvalue weighted by atomic mass is 32.2. The number of aliphatic hydroxyl groups is 1. The maximum atomic E-state index is 11.3. The third-order valence-electron chi connectivity index (χ3n) is 10.2. The first-order chi connectivity index (χ1) is 15.1. The first-order valence-electron chi connectivity index (χ1n) is 13.1. The minimum absolute atomic E-state index is 0.0657. The monoisotopic (exact) mass is 469 g/mol. The number of nitrogens with two attached hydrogens (primary N) is 1. The largest absolute Gasteiger partial charge is 0.393 e. The van der Waals surface area contributed by atoms with Crippen molar-refractivity contribution in [1.29, 1.82) is 0 Å². The molecule has 0 aromatic heterocycles. The van der Waals surface area contributed by atoms with Gasteiger partial charge in [0.05, 0.1) is 6.10 Å². The molecule has 1 amide bonds. The van der Waals surface area contributed by atoms with E-state index in [0.717, 1.165) is 42.9 Å². The molecule has 0 aromatic carbocycles. The Morgan fingerprint density at radius 1 is 1.00 bits per heavy atom. The van der Waals surface area contributed by atoms with Crippen LogP contribution in [-0.2, 0) is 15.9 Å². The van der Waals surface area contributed by atoms with Crippen LogP contribution in [0.4, 0.5) is 0 Å². The first kappa shape index (κ1) is 26.2. The van der Waals surface area contributed by atoms with Crippen molar-refractivity contribution in [1.82, 2.24) is 0 Å². The molecule has 5 nitrogen and oxygen atoms in total. The molecular formula is C26H47NO4S. The number of amides is 1. The lowest BCUT2D eigenvalue weighted by molar-refractivity contribution is -0.162. The van der Waals surface area contributed by atoms with Gasteiger partial charge in [-0.25, -0.2) is 4.21 Å². The summed E-state index contributed by atoms with van der Waals surface area (Å²) in [7, 11) is 0. The number of hydrogen-bond donors (Lipinski definition) is 3. The van der Waals surface area contributed by atoms with E-state index in [-0.39, 0.29) is 12.0 Å². The fraction of sp³-hybridized carbons (Fsp3) is 0.962. The summed E-state index contributed by atoms with van der Waals surface area (Å²) in [6.45, 7) is 6.44. The fourth-order valence-electron chi connectivity index (χ4n) is 8.63. The van der Waals surface area contributed by atoms with E-state index in [1.807, 2.05) is 0 Å². The third-order valence-corrected chi connectivity index (χ3v) is 10.8. The van der Waals surface area contributed by atoms with Crippen molar-refractivity contribution in [3.63, 3.8) is 0 Å². The van der Waals surface area contributed by atoms with Gasteiger partial charge in [0.15, 0.2) is 11.1 Å². The van der Waals surface area contributed by atoms with E-state index in [4.69, 9.17) is 4.55 Å². The Kier molecular flexibility index (Phi) is 8.87. The van der Waals surface area contributed by atoms with Gasteiger partial charge in [0.2, 0.25) is 5.91 Å². The number of hydrogen-bond acceptors (Lipinski definition) is 3. The Labute approximate surface area is 198 Å². The summed E-state index contributed by atoms with van der Waals surface area (Å²) < 4.78 is 19.8. The van der Waals surface area contributed by atoms with Crippen molar-refractivity contribution in [2.24, 2.45) is 46.2 Å². The van der Waals surface area contributed by atoms with Crippen LogP contribution in [-0.4, -0.2) is 31.6 Å². The van der Waals surface area contributed by atoms with Gasteiger partial charge in [-0.2, -0.15) is 0 Å². The molecule has 4 saturated carbocycles. The smallest absolute Gasteiger partial charge is 0.214 e. The lowest BCUT2D eigenvalue weighted by Crippen LogP contribution is -2.57. The van der Waals surface area contributed by atoms with Gasteiger partial charge in [0, 0.05) is 12.7 Å². The molecule has 32 heavy (non-hydrogen) atoms. The van der Waals surface area contributed by atoms with Gasteiger partial charge < -0.3 is 15.4 Å². The zero-order valence-corrected chi connectivity index (χ0v) is 21.4. The normalized spacial score (nSPS) is 43.8. The summed E-state index contributed by atoms with van der Waals surface area (Å²) in [6.07, 6.45) is 16.3. The van der Waals surface area contributed by atoms with Crippen LogP contribution in [0.3, 0.4) is 0 Å². The Hall–Kier alpha value is -0.460. The molecule has 9 unspecified atom stereocenters. The summed E-state index contributed by atoms with van der Waals surface area (Å²) in [4.78, 5) is 9.22. The van der Waals surface area contributed by atoms with Gasteiger partial charge in [0.1, 0.15) is 0 Å². The minimum atomic E-state index is -1.63. The summed E-state index contributed by atoms with van der Waals surface area (Å²) in [5.41, 5.74) is 5.38. The van der Waals surface area contributed by atoms with Crippen LogP contribution in [0, 0.1) is 40.4 Å². The molecule has 4 aliphatic carbocycles. The summed E-state index contributed by atoms with van der Waals surface area (Å²) in [5.74, 6) is 3.66. The van der Waals surface area contributed by atoms with E-state index < -0.39 is 11.1 Å². The fourth-order valence-corrected chi connectivity index (χ4v) is 9.08. The van der Waals surface area contributed by atoms with Crippen molar-refractivity contribution in [3.05, 3.63) is 0 Å². The van der Waals surface area contributed by atoms with E-state index in [0.29, 0.717) is 22.5 Å². The van der Waals surface area contributed by atoms with Crippen molar-refractivity contribution in [2.75, 3.05) is 5.75 Å². The molecule has 9 atom stereocenters. The number of primary amides is 1. The number of unbranched alkanes of at least 4 members (excludes halogenated alkanes) is 2. The molecule has 0 saturated heterocycles. The van der Waals surface area contributed by atoms with Crippen LogP contribution < -0.4 is 5.73 Å². The average Bonchev–Trinajstić information content (AvgIpc) is 3.04. The molecule has 4 aliphatic rings. The number of rotatable bonds is 6. The Balaban J connectivity index is 0.000000668. The van der Waals surface area contributed by atoms with E-state index in [9.17, 15) is 14.1 Å². The van der Waals surface area contributed by atoms with Gasteiger partial charge in [-0.05, 0) is 98.2 Å². The molecule has 186 valence electrons. The Bertz CT molecular complexity index is 668. The summed E-state index contributed by atoms with van der Waals surface area (Å²) >= 11 is -1.63. The van der Waals surface area contributed by atoms with Crippen molar-refractivity contribution in [2.45, 2.75) is 110 Å². The quantitative estimate of drug-likeness (QED) is 0.364. The standard InChI is InChI=1S/C24H42O3S.C2H5NO/c1-23-13-6-5-9-18(23)16-21(25)22-19-11-10-17(8-4-3-7-15-28(26)27)24(19,2)14-12-20(22)23;1-2(3)4/h17-22,25H,3-16H2,1-2H3,(H,26,27);1H3,(H2,3,4). The number of carbonyl (C=O) groups is 1. The molecule has 4 rings (SSSR count). The molecule has 4 fully saturated rings. The van der Waals surface area contributed by atoms with Gasteiger partial charge in [-0.1, -0.05) is 39.5 Å². The minimum Gasteiger partial charge on any atom is -0.393 e. The van der Waals surface area contributed by atoms with E-state index in [2.05, 4.69) is 19.6 Å². The topological polar surface area (TPSA) is 101 Å². The highest BCUT2D eigenvalue weighted by Gasteiger charge is 2.61. The zero-order valence-electron chi connectivity index (χ0n) is 20.6. The summed E-state index contributed by atoms with van der Waals surface area (Å²) in [6, 6.07) is 0. The first-order valence-corrected chi connectivity index (χ1v) is 14.4. The number of carbonyl (C=O) groups excluding carboxylic acids is 1. The van der Waals surface area contributed by atoms with Crippen molar-refractivity contribution < 1.29 is 18.7 Å². The molecule has 0 aliphatic heterocycles. The van der Waals surface area contributed by atoms with Crippen LogP contribution in [0.2, 0.25) is 0 Å². The van der Waals surface area contributed by atoms with Crippen LogP contribution >= 0.6 is 0 Å². The van der Waals surface area contributed by atoms with Gasteiger partial charge in [-0.3, -0.25) is 4.79 Å². The molecule has 6 heteroatoms. The van der Waals surface area contributed by atoms with Crippen molar-refractivity contribution in [3.8, 4) is 0 Å². The van der Waals surface area contributed by atoms with Crippen LogP contribution in [0.25, 0.3) is 0 Å². The second-order valence-electron chi connectivity index (χ2n) is 11.8. The molecule has 0 spiro atoms. The van der Waals surface area contributed by atoms with E-state index in [1.165, 1.54) is 71.1 Å². The highest BCUT2D eigenvalue weighted by molar-refractivity contribution is 7.79. The summed E-state index contributed by atoms with van der Waals surface area (Å²) in [5, 5.41) is 11.3. The lowest BCUT2D eigenvalue weighted by Gasteiger charge is -2.62. The van der Waals surface area contributed by atoms with Crippen LogP contribution in [0.15, 0.2) is 0 Å². The van der Waals surface area contributed by atoms with Gasteiger partial charge >= 0.3 is 0 Å². The molecule has 0 radical (unpaired) electrons.